The lowest BCUT2D eigenvalue weighted by molar-refractivity contribution is 0.0695. The first-order valence-corrected chi connectivity index (χ1v) is 13.3. The number of benzene rings is 1. The zero-order chi connectivity index (χ0) is 29.4. The van der Waals surface area contributed by atoms with Gasteiger partial charge in [0.25, 0.3) is 0 Å². The van der Waals surface area contributed by atoms with Crippen molar-refractivity contribution in [3.63, 3.8) is 0 Å². The first-order chi connectivity index (χ1) is 19.6. The number of aromatic carboxylic acids is 1. The van der Waals surface area contributed by atoms with E-state index in [1.165, 1.54) is 13.3 Å². The molecule has 0 spiro atoms. The number of rotatable bonds is 8. The van der Waals surface area contributed by atoms with Crippen molar-refractivity contribution in [2.45, 2.75) is 19.4 Å². The van der Waals surface area contributed by atoms with E-state index in [-0.39, 0.29) is 35.5 Å². The zero-order valence-corrected chi connectivity index (χ0v) is 23.7. The van der Waals surface area contributed by atoms with Crippen LogP contribution >= 0.6 is 11.6 Å². The van der Waals surface area contributed by atoms with E-state index in [0.29, 0.717) is 34.5 Å². The number of anilines is 2. The number of methoxy groups -OCH3 is 1. The zero-order valence-electron chi connectivity index (χ0n) is 23.0. The highest BCUT2D eigenvalue weighted by molar-refractivity contribution is 6.31. The molecule has 1 saturated heterocycles. The maximum Gasteiger partial charge on any atom is 0.341 e. The Labute approximate surface area is 240 Å². The van der Waals surface area contributed by atoms with Gasteiger partial charge in [0, 0.05) is 38.3 Å². The molecular formula is C29H29ClFN5O5. The predicted molar refractivity (Wildman–Crippen MR) is 155 cm³/mol. The maximum absolute atomic E-state index is 15.7. The fraction of sp³-hybridized carbons (Fsp3) is 0.310. The quantitative estimate of drug-likeness (QED) is 0.318. The van der Waals surface area contributed by atoms with Gasteiger partial charge in [0.05, 0.1) is 36.2 Å². The molecule has 3 aromatic heterocycles. The highest BCUT2D eigenvalue weighted by Crippen LogP contribution is 2.35. The van der Waals surface area contributed by atoms with Crippen molar-refractivity contribution < 1.29 is 23.8 Å². The van der Waals surface area contributed by atoms with Crippen molar-refractivity contribution in [1.82, 2.24) is 14.5 Å². The van der Waals surface area contributed by atoms with Crippen LogP contribution in [0.2, 0.25) is 5.02 Å². The van der Waals surface area contributed by atoms with Crippen LogP contribution in [0.25, 0.3) is 16.6 Å². The summed E-state index contributed by atoms with van der Waals surface area (Å²) < 4.78 is 28.4. The third-order valence-corrected chi connectivity index (χ3v) is 7.40. The van der Waals surface area contributed by atoms with Crippen LogP contribution in [0.5, 0.6) is 11.8 Å². The Kier molecular flexibility index (Phi) is 7.72. The van der Waals surface area contributed by atoms with Gasteiger partial charge in [-0.05, 0) is 42.7 Å². The molecule has 2 atom stereocenters. The van der Waals surface area contributed by atoms with E-state index in [1.54, 1.807) is 41.1 Å². The fourth-order valence-corrected chi connectivity index (χ4v) is 5.27. The molecule has 214 valence electrons. The van der Waals surface area contributed by atoms with Gasteiger partial charge in [0.1, 0.15) is 28.8 Å². The molecule has 1 fully saturated rings. The molecule has 0 bridgehead atoms. The number of pyridine rings is 3. The monoisotopic (exact) mass is 581 g/mol. The normalized spacial score (nSPS) is 16.7. The molecule has 5 rings (SSSR count). The van der Waals surface area contributed by atoms with E-state index >= 15 is 4.39 Å². The molecule has 41 heavy (non-hydrogen) atoms. The predicted octanol–water partition coefficient (Wildman–Crippen LogP) is 4.64. The number of carboxylic acids is 1. The topological polar surface area (TPSA) is 110 Å². The molecule has 0 amide bonds. The van der Waals surface area contributed by atoms with Crippen molar-refractivity contribution in [1.29, 1.82) is 0 Å². The Morgan fingerprint density at radius 2 is 2.02 bits per heavy atom. The Hall–Kier alpha value is -4.38. The second-order valence-corrected chi connectivity index (χ2v) is 10.6. The van der Waals surface area contributed by atoms with Gasteiger partial charge >= 0.3 is 5.97 Å². The molecule has 10 nitrogen and oxygen atoms in total. The second kappa shape index (κ2) is 11.2. The molecule has 0 radical (unpaired) electrons. The Balaban J connectivity index is 1.58. The number of hydrogen-bond donors (Lipinski definition) is 1. The van der Waals surface area contributed by atoms with Crippen LogP contribution < -0.4 is 24.7 Å². The van der Waals surface area contributed by atoms with Gasteiger partial charge in [-0.25, -0.2) is 14.2 Å². The lowest BCUT2D eigenvalue weighted by Gasteiger charge is -2.28. The molecule has 12 heteroatoms. The first kappa shape index (κ1) is 28.2. The summed E-state index contributed by atoms with van der Waals surface area (Å²) in [6.45, 7) is 2.80. The first-order valence-electron chi connectivity index (χ1n) is 12.9. The van der Waals surface area contributed by atoms with Crippen molar-refractivity contribution in [3.8, 4) is 17.4 Å². The van der Waals surface area contributed by atoms with Crippen LogP contribution in [0.15, 0.2) is 53.6 Å². The van der Waals surface area contributed by atoms with Gasteiger partial charge in [-0.2, -0.15) is 4.98 Å². The number of nitrogens with zero attached hydrogens (tertiary/aromatic N) is 5. The van der Waals surface area contributed by atoms with Gasteiger partial charge in [0.2, 0.25) is 17.2 Å². The van der Waals surface area contributed by atoms with Gasteiger partial charge in [-0.1, -0.05) is 18.5 Å². The number of hydrogen-bond acceptors (Lipinski definition) is 8. The van der Waals surface area contributed by atoms with Crippen LogP contribution in [0.4, 0.5) is 15.9 Å². The maximum atomic E-state index is 15.7. The molecule has 1 N–H and O–H groups in total. The summed E-state index contributed by atoms with van der Waals surface area (Å²) in [5, 5.41) is 9.99. The largest absolute Gasteiger partial charge is 0.481 e. The van der Waals surface area contributed by atoms with Gasteiger partial charge < -0.3 is 28.9 Å². The average Bonchev–Trinajstić information content (AvgIpc) is 3.32. The lowest BCUT2D eigenvalue weighted by atomic mass is 10.1. The molecule has 0 aliphatic carbocycles. The minimum atomic E-state index is -1.40. The summed E-state index contributed by atoms with van der Waals surface area (Å²) in [6, 6.07) is 9.27. The van der Waals surface area contributed by atoms with Gasteiger partial charge in [-0.3, -0.25) is 4.79 Å². The molecule has 4 aromatic rings. The molecule has 1 aliphatic heterocycles. The van der Waals surface area contributed by atoms with Crippen LogP contribution in [0.1, 0.15) is 23.7 Å². The number of aromatic nitrogens is 3. The van der Waals surface area contributed by atoms with Crippen molar-refractivity contribution in [2.24, 2.45) is 5.92 Å². The number of halogens is 2. The van der Waals surface area contributed by atoms with Crippen LogP contribution in [-0.2, 0) is 0 Å². The summed E-state index contributed by atoms with van der Waals surface area (Å²) in [6.07, 6.45) is 3.55. The van der Waals surface area contributed by atoms with Crippen molar-refractivity contribution >= 4 is 40.0 Å². The number of ether oxygens (including phenoxy) is 2. The molecule has 4 heterocycles. The summed E-state index contributed by atoms with van der Waals surface area (Å²) in [4.78, 5) is 37.4. The smallest absolute Gasteiger partial charge is 0.341 e. The Morgan fingerprint density at radius 3 is 2.68 bits per heavy atom. The van der Waals surface area contributed by atoms with Crippen molar-refractivity contribution in [3.05, 3.63) is 75.4 Å². The second-order valence-electron chi connectivity index (χ2n) is 10.2. The third kappa shape index (κ3) is 5.49. The van der Waals surface area contributed by atoms with Gasteiger partial charge in [-0.15, -0.1) is 0 Å². The molecular weight excluding hydrogens is 553 g/mol. The minimum Gasteiger partial charge on any atom is -0.481 e. The standard InChI is InChI=1S/C29H29ClFN5O5/c1-16-9-18(15-41-28-21(30)6-8-26(33-28)40-4)35(13-16)24-11-23-19(10-22(24)31)27(37)20(29(38)39)14-36(23)17-5-7-25(32-12-17)34(2)3/h5-8,10-12,14,16,18H,9,13,15H2,1-4H3,(H,38,39)/t16-,18-/m1/s1. The molecule has 1 aliphatic rings. The molecule has 0 saturated carbocycles. The van der Waals surface area contributed by atoms with E-state index < -0.39 is 22.8 Å². The molecule has 1 aromatic carbocycles. The minimum absolute atomic E-state index is 0.0461. The van der Waals surface area contributed by atoms with E-state index in [0.717, 1.165) is 12.5 Å². The fourth-order valence-electron chi connectivity index (χ4n) is 5.11. The summed E-state index contributed by atoms with van der Waals surface area (Å²) in [5.41, 5.74) is -0.0820. The van der Waals surface area contributed by atoms with Gasteiger partial charge in [0.15, 0.2) is 0 Å². The Morgan fingerprint density at radius 1 is 1.24 bits per heavy atom. The third-order valence-electron chi connectivity index (χ3n) is 7.11. The average molecular weight is 582 g/mol. The summed E-state index contributed by atoms with van der Waals surface area (Å²) in [7, 11) is 5.20. The summed E-state index contributed by atoms with van der Waals surface area (Å²) >= 11 is 6.27. The number of carbonyl (C=O) groups is 1. The number of fused-ring (bicyclic) bond motifs is 1. The van der Waals surface area contributed by atoms with E-state index in [1.807, 2.05) is 23.9 Å². The highest BCUT2D eigenvalue weighted by Gasteiger charge is 2.33. The van der Waals surface area contributed by atoms with Crippen LogP contribution in [-0.4, -0.2) is 66.0 Å². The van der Waals surface area contributed by atoms with Crippen LogP contribution in [0, 0.1) is 11.7 Å². The lowest BCUT2D eigenvalue weighted by Crippen LogP contribution is -2.35. The SMILES string of the molecule is COc1ccc(Cl)c(OC[C@H]2C[C@@H](C)CN2c2cc3c(cc2F)c(=O)c(C(=O)O)cn3-c2ccc(N(C)C)nc2)n1. The molecule has 0 unspecified atom stereocenters. The van der Waals surface area contributed by atoms with E-state index in [2.05, 4.69) is 16.9 Å². The van der Waals surface area contributed by atoms with Crippen molar-refractivity contribution in [2.75, 3.05) is 44.2 Å². The Bertz CT molecular complexity index is 1680. The number of carboxylic acid groups (broad SMARTS) is 1. The van der Waals surface area contributed by atoms with E-state index in [4.69, 9.17) is 21.1 Å². The van der Waals surface area contributed by atoms with E-state index in [9.17, 15) is 14.7 Å². The van der Waals surface area contributed by atoms with Crippen LogP contribution in [0.3, 0.4) is 0 Å². The summed E-state index contributed by atoms with van der Waals surface area (Å²) in [5.74, 6) is -0.540. The highest BCUT2D eigenvalue weighted by atomic mass is 35.5.